The largest absolute Gasteiger partial charge is 0.489 e. The molecule has 1 atom stereocenters. The summed E-state index contributed by atoms with van der Waals surface area (Å²) in [4.78, 5) is 16.1. The van der Waals surface area contributed by atoms with Gasteiger partial charge >= 0.3 is 0 Å². The Bertz CT molecular complexity index is 585. The molecule has 3 rings (SSSR count). The molecule has 5 heteroatoms. The van der Waals surface area contributed by atoms with E-state index in [0.717, 1.165) is 44.0 Å². The molecule has 0 bridgehead atoms. The molecular weight excluding hydrogens is 278 g/mol. The smallest absolute Gasteiger partial charge is 0.223 e. The molecule has 0 unspecified atom stereocenters. The lowest BCUT2D eigenvalue weighted by Gasteiger charge is -2.26. The number of nitrogens with zero attached hydrogens (tertiary/aromatic N) is 2. The van der Waals surface area contributed by atoms with Crippen LogP contribution in [-0.2, 0) is 4.79 Å². The lowest BCUT2D eigenvalue weighted by molar-refractivity contribution is -0.122. The minimum Gasteiger partial charge on any atom is -0.489 e. The molecule has 2 aliphatic rings. The molecule has 1 aromatic carbocycles. The standard InChI is InChI=1S/C17H23N3O2/c1-19-6-7-20(11-15(10-19)17(18)21)9-13-8-14-4-2-3-5-16(14)22-12-13/h2-5,8,15H,6-7,9-12H2,1H3,(H2,18,21)/t15-/m0/s1. The van der Waals surface area contributed by atoms with Crippen molar-refractivity contribution < 1.29 is 9.53 Å². The van der Waals surface area contributed by atoms with E-state index in [1.807, 2.05) is 25.2 Å². The summed E-state index contributed by atoms with van der Waals surface area (Å²) in [5.74, 6) is 0.625. The number of rotatable bonds is 3. The van der Waals surface area contributed by atoms with Gasteiger partial charge in [0.25, 0.3) is 0 Å². The maximum Gasteiger partial charge on any atom is 0.223 e. The lowest BCUT2D eigenvalue weighted by atomic mass is 10.1. The Balaban J connectivity index is 1.70. The van der Waals surface area contributed by atoms with Gasteiger partial charge in [-0.05, 0) is 24.8 Å². The molecule has 1 aromatic rings. The number of carbonyl (C=O) groups is 1. The number of ether oxygens (including phenoxy) is 1. The van der Waals surface area contributed by atoms with E-state index in [1.165, 1.54) is 5.57 Å². The first kappa shape index (κ1) is 15.1. The van der Waals surface area contributed by atoms with Crippen LogP contribution in [0.3, 0.4) is 0 Å². The molecule has 1 saturated heterocycles. The maximum atomic E-state index is 11.6. The molecular formula is C17H23N3O2. The number of carbonyl (C=O) groups excluding carboxylic acids is 1. The van der Waals surface area contributed by atoms with Gasteiger partial charge in [-0.25, -0.2) is 0 Å². The van der Waals surface area contributed by atoms with Gasteiger partial charge < -0.3 is 15.4 Å². The molecule has 2 aliphatic heterocycles. The molecule has 0 radical (unpaired) electrons. The predicted octanol–water partition coefficient (Wildman–Crippen LogP) is 0.811. The molecule has 1 fully saturated rings. The van der Waals surface area contributed by atoms with Gasteiger partial charge in [-0.15, -0.1) is 0 Å². The highest BCUT2D eigenvalue weighted by Gasteiger charge is 2.25. The van der Waals surface area contributed by atoms with Crippen LogP contribution in [0.4, 0.5) is 0 Å². The minimum atomic E-state index is -0.210. The predicted molar refractivity (Wildman–Crippen MR) is 86.5 cm³/mol. The number of primary amides is 1. The number of likely N-dealkylation sites (N-methyl/N-ethyl adjacent to an activating group) is 1. The summed E-state index contributed by atoms with van der Waals surface area (Å²) >= 11 is 0. The first-order valence-corrected chi connectivity index (χ1v) is 7.73. The summed E-state index contributed by atoms with van der Waals surface area (Å²) in [6.07, 6.45) is 2.20. The van der Waals surface area contributed by atoms with Crippen LogP contribution in [0.15, 0.2) is 29.8 Å². The number of fused-ring (bicyclic) bond motifs is 1. The normalized spacial score (nSPS) is 23.1. The van der Waals surface area contributed by atoms with E-state index in [-0.39, 0.29) is 11.8 Å². The van der Waals surface area contributed by atoms with Crippen molar-refractivity contribution in [3.63, 3.8) is 0 Å². The number of amides is 1. The topological polar surface area (TPSA) is 58.8 Å². The first-order chi connectivity index (χ1) is 10.6. The van der Waals surface area contributed by atoms with Gasteiger partial charge in [0.2, 0.25) is 5.91 Å². The van der Waals surface area contributed by atoms with Gasteiger partial charge in [-0.1, -0.05) is 18.2 Å². The van der Waals surface area contributed by atoms with Gasteiger partial charge in [-0.2, -0.15) is 0 Å². The van der Waals surface area contributed by atoms with Crippen LogP contribution in [0.25, 0.3) is 6.08 Å². The van der Waals surface area contributed by atoms with Crippen LogP contribution < -0.4 is 10.5 Å². The molecule has 2 N–H and O–H groups in total. The summed E-state index contributed by atoms with van der Waals surface area (Å²) in [5, 5.41) is 0. The molecule has 1 amide bonds. The summed E-state index contributed by atoms with van der Waals surface area (Å²) < 4.78 is 5.81. The average Bonchev–Trinajstić information content (AvgIpc) is 2.69. The van der Waals surface area contributed by atoms with Crippen molar-refractivity contribution in [2.45, 2.75) is 0 Å². The maximum absolute atomic E-state index is 11.6. The molecule has 0 saturated carbocycles. The molecule has 0 aromatic heterocycles. The van der Waals surface area contributed by atoms with E-state index >= 15 is 0 Å². The Morgan fingerprint density at radius 2 is 2.14 bits per heavy atom. The van der Waals surface area contributed by atoms with Crippen molar-refractivity contribution in [1.29, 1.82) is 0 Å². The fraction of sp³-hybridized carbons (Fsp3) is 0.471. The summed E-state index contributed by atoms with van der Waals surface area (Å²) in [6.45, 7) is 4.80. The molecule has 0 spiro atoms. The minimum absolute atomic E-state index is 0.107. The van der Waals surface area contributed by atoms with Gasteiger partial charge in [0.1, 0.15) is 12.4 Å². The third kappa shape index (κ3) is 3.48. The van der Waals surface area contributed by atoms with Crippen LogP contribution in [0, 0.1) is 5.92 Å². The second-order valence-electron chi connectivity index (χ2n) is 6.23. The van der Waals surface area contributed by atoms with Crippen molar-refractivity contribution >= 4 is 12.0 Å². The van der Waals surface area contributed by atoms with Crippen molar-refractivity contribution in [3.05, 3.63) is 35.4 Å². The summed E-state index contributed by atoms with van der Waals surface area (Å²) in [7, 11) is 2.04. The molecule has 2 heterocycles. The molecule has 118 valence electrons. The van der Waals surface area contributed by atoms with Crippen molar-refractivity contribution in [2.24, 2.45) is 11.7 Å². The second kappa shape index (κ2) is 6.50. The van der Waals surface area contributed by atoms with E-state index in [0.29, 0.717) is 6.61 Å². The number of hydrogen-bond donors (Lipinski definition) is 1. The van der Waals surface area contributed by atoms with Crippen LogP contribution in [-0.4, -0.2) is 62.1 Å². The van der Waals surface area contributed by atoms with Crippen molar-refractivity contribution in [2.75, 3.05) is 46.4 Å². The van der Waals surface area contributed by atoms with Crippen LogP contribution >= 0.6 is 0 Å². The van der Waals surface area contributed by atoms with Crippen molar-refractivity contribution in [1.82, 2.24) is 9.80 Å². The third-order valence-corrected chi connectivity index (χ3v) is 4.33. The zero-order chi connectivity index (χ0) is 15.5. The van der Waals surface area contributed by atoms with Crippen LogP contribution in [0.5, 0.6) is 5.75 Å². The van der Waals surface area contributed by atoms with Crippen LogP contribution in [0.1, 0.15) is 5.56 Å². The summed E-state index contributed by atoms with van der Waals surface area (Å²) in [6, 6.07) is 8.06. The quantitative estimate of drug-likeness (QED) is 0.897. The highest BCUT2D eigenvalue weighted by molar-refractivity contribution is 5.77. The lowest BCUT2D eigenvalue weighted by Crippen LogP contribution is -2.38. The van der Waals surface area contributed by atoms with E-state index in [9.17, 15) is 4.79 Å². The zero-order valence-electron chi connectivity index (χ0n) is 13.0. The van der Waals surface area contributed by atoms with Gasteiger partial charge in [0.15, 0.2) is 0 Å². The van der Waals surface area contributed by atoms with E-state index < -0.39 is 0 Å². The molecule has 22 heavy (non-hydrogen) atoms. The average molecular weight is 301 g/mol. The third-order valence-electron chi connectivity index (χ3n) is 4.33. The SMILES string of the molecule is CN1CCN(CC2=Cc3ccccc3OC2)C[C@@H](C(N)=O)C1. The molecule has 5 nitrogen and oxygen atoms in total. The Hall–Kier alpha value is -1.85. The van der Waals surface area contributed by atoms with Crippen molar-refractivity contribution in [3.8, 4) is 5.75 Å². The monoisotopic (exact) mass is 301 g/mol. The van der Waals surface area contributed by atoms with E-state index in [2.05, 4.69) is 21.9 Å². The molecule has 0 aliphatic carbocycles. The Labute approximate surface area is 131 Å². The Morgan fingerprint density at radius 1 is 1.32 bits per heavy atom. The van der Waals surface area contributed by atoms with E-state index in [1.54, 1.807) is 0 Å². The Morgan fingerprint density at radius 3 is 2.95 bits per heavy atom. The highest BCUT2D eigenvalue weighted by atomic mass is 16.5. The number of nitrogens with two attached hydrogens (primary N) is 1. The number of hydrogen-bond acceptors (Lipinski definition) is 4. The Kier molecular flexibility index (Phi) is 4.45. The summed E-state index contributed by atoms with van der Waals surface area (Å²) in [5.41, 5.74) is 7.89. The van der Waals surface area contributed by atoms with E-state index in [4.69, 9.17) is 10.5 Å². The van der Waals surface area contributed by atoms with Crippen LogP contribution in [0.2, 0.25) is 0 Å². The zero-order valence-corrected chi connectivity index (χ0v) is 13.0. The van der Waals surface area contributed by atoms with Gasteiger partial charge in [0.05, 0.1) is 5.92 Å². The van der Waals surface area contributed by atoms with Gasteiger partial charge in [0, 0.05) is 38.3 Å². The first-order valence-electron chi connectivity index (χ1n) is 7.73. The number of benzene rings is 1. The fourth-order valence-corrected chi connectivity index (χ4v) is 3.11. The van der Waals surface area contributed by atoms with Gasteiger partial charge in [-0.3, -0.25) is 9.69 Å². The number of para-hydroxylation sites is 1. The highest BCUT2D eigenvalue weighted by Crippen LogP contribution is 2.26. The second-order valence-corrected chi connectivity index (χ2v) is 6.23. The fourth-order valence-electron chi connectivity index (χ4n) is 3.11.